The Morgan fingerprint density at radius 3 is 2.35 bits per heavy atom. The number of imide groups is 1. The van der Waals surface area contributed by atoms with Gasteiger partial charge < -0.3 is 9.64 Å². The van der Waals surface area contributed by atoms with E-state index in [4.69, 9.17) is 0 Å². The Hall–Kier alpha value is -2.74. The normalized spacial score (nSPS) is 23.1. The van der Waals surface area contributed by atoms with Crippen molar-refractivity contribution in [2.24, 2.45) is 5.92 Å². The number of hydrogen-bond donors (Lipinski definition) is 0. The minimum Gasteiger partial charge on any atom is -0.465 e. The lowest BCUT2D eigenvalue weighted by molar-refractivity contribution is -0.128. The average Bonchev–Trinajstić information content (AvgIpc) is 3.34. The van der Waals surface area contributed by atoms with Crippen molar-refractivity contribution in [3.8, 4) is 0 Å². The maximum Gasteiger partial charge on any atom is 0.337 e. The quantitative estimate of drug-likeness (QED) is 0.509. The highest BCUT2D eigenvalue weighted by Gasteiger charge is 2.43. The SMILES string of the molecule is COC(=O)c1ccc(N2C(=O)C[C@@H](N3CCC(CCN4CCCC4=O)CC3)C2=O)cc1. The molecule has 1 atom stereocenters. The molecule has 3 fully saturated rings. The Bertz CT molecular complexity index is 860. The minimum atomic E-state index is -0.458. The van der Waals surface area contributed by atoms with Crippen LogP contribution in [0.3, 0.4) is 0 Å². The molecule has 3 heterocycles. The van der Waals surface area contributed by atoms with Gasteiger partial charge in [0.25, 0.3) is 5.91 Å². The zero-order chi connectivity index (χ0) is 22.0. The molecular formula is C23H29N3O5. The summed E-state index contributed by atoms with van der Waals surface area (Å²) in [5, 5.41) is 0. The third kappa shape index (κ3) is 4.49. The molecule has 1 aromatic carbocycles. The van der Waals surface area contributed by atoms with Crippen molar-refractivity contribution in [1.82, 2.24) is 9.80 Å². The van der Waals surface area contributed by atoms with Crippen LogP contribution in [-0.2, 0) is 19.1 Å². The van der Waals surface area contributed by atoms with E-state index >= 15 is 0 Å². The second-order valence-electron chi connectivity index (χ2n) is 8.58. The lowest BCUT2D eigenvalue weighted by atomic mass is 9.92. The van der Waals surface area contributed by atoms with Gasteiger partial charge in [0.15, 0.2) is 0 Å². The van der Waals surface area contributed by atoms with E-state index in [-0.39, 0.29) is 24.1 Å². The zero-order valence-electron chi connectivity index (χ0n) is 17.9. The van der Waals surface area contributed by atoms with Crippen LogP contribution in [0.25, 0.3) is 0 Å². The number of likely N-dealkylation sites (tertiary alicyclic amines) is 2. The fourth-order valence-corrected chi connectivity index (χ4v) is 4.87. The van der Waals surface area contributed by atoms with Gasteiger partial charge in [-0.2, -0.15) is 0 Å². The monoisotopic (exact) mass is 427 g/mol. The molecule has 0 spiro atoms. The molecule has 8 nitrogen and oxygen atoms in total. The van der Waals surface area contributed by atoms with Crippen LogP contribution in [0, 0.1) is 5.92 Å². The van der Waals surface area contributed by atoms with Gasteiger partial charge in [-0.3, -0.25) is 19.3 Å². The molecular weight excluding hydrogens is 398 g/mol. The van der Waals surface area contributed by atoms with E-state index in [1.807, 2.05) is 4.90 Å². The molecule has 4 rings (SSSR count). The number of hydrogen-bond acceptors (Lipinski definition) is 6. The second-order valence-corrected chi connectivity index (χ2v) is 8.58. The summed E-state index contributed by atoms with van der Waals surface area (Å²) in [5.74, 6) is -0.0427. The van der Waals surface area contributed by atoms with Crippen LogP contribution in [0.4, 0.5) is 5.69 Å². The van der Waals surface area contributed by atoms with Crippen LogP contribution in [0.1, 0.15) is 48.9 Å². The second kappa shape index (κ2) is 9.18. The molecule has 0 N–H and O–H groups in total. The van der Waals surface area contributed by atoms with Gasteiger partial charge in [-0.05, 0) is 69.0 Å². The number of rotatable bonds is 6. The van der Waals surface area contributed by atoms with Crippen LogP contribution in [0.2, 0.25) is 0 Å². The number of carbonyl (C=O) groups excluding carboxylic acids is 4. The first-order valence-corrected chi connectivity index (χ1v) is 11.0. The van der Waals surface area contributed by atoms with Crippen molar-refractivity contribution in [2.45, 2.75) is 44.6 Å². The minimum absolute atomic E-state index is 0.185. The summed E-state index contributed by atoms with van der Waals surface area (Å²) in [5.41, 5.74) is 0.856. The van der Waals surface area contributed by atoms with E-state index in [9.17, 15) is 19.2 Å². The van der Waals surface area contributed by atoms with Crippen LogP contribution in [0.5, 0.6) is 0 Å². The van der Waals surface area contributed by atoms with Crippen molar-refractivity contribution < 1.29 is 23.9 Å². The summed E-state index contributed by atoms with van der Waals surface area (Å²) in [4.78, 5) is 54.3. The van der Waals surface area contributed by atoms with Gasteiger partial charge in [0.2, 0.25) is 11.8 Å². The molecule has 31 heavy (non-hydrogen) atoms. The summed E-state index contributed by atoms with van der Waals surface area (Å²) >= 11 is 0. The largest absolute Gasteiger partial charge is 0.465 e. The van der Waals surface area contributed by atoms with Crippen molar-refractivity contribution in [2.75, 3.05) is 38.2 Å². The molecule has 3 aliphatic rings. The molecule has 8 heteroatoms. The van der Waals surface area contributed by atoms with Crippen molar-refractivity contribution >= 4 is 29.4 Å². The molecule has 0 aliphatic carbocycles. The summed E-state index contributed by atoms with van der Waals surface area (Å²) in [6.07, 6.45) is 4.80. The molecule has 0 unspecified atom stereocenters. The van der Waals surface area contributed by atoms with Gasteiger partial charge in [-0.25, -0.2) is 9.69 Å². The van der Waals surface area contributed by atoms with E-state index in [0.29, 0.717) is 23.6 Å². The molecule has 3 amide bonds. The Labute approximate surface area is 182 Å². The van der Waals surface area contributed by atoms with Crippen LogP contribution in [-0.4, -0.2) is 72.8 Å². The summed E-state index contributed by atoms with van der Waals surface area (Å²) in [6, 6.07) is 5.91. The number of carbonyl (C=O) groups is 4. The first-order valence-electron chi connectivity index (χ1n) is 11.0. The van der Waals surface area contributed by atoms with Gasteiger partial charge in [-0.1, -0.05) is 0 Å². The maximum absolute atomic E-state index is 13.0. The Kier molecular flexibility index (Phi) is 6.36. The molecule has 3 saturated heterocycles. The predicted octanol–water partition coefficient (Wildman–Crippen LogP) is 1.83. The topological polar surface area (TPSA) is 87.2 Å². The fourth-order valence-electron chi connectivity index (χ4n) is 4.87. The number of methoxy groups -OCH3 is 1. The van der Waals surface area contributed by atoms with Gasteiger partial charge in [-0.15, -0.1) is 0 Å². The molecule has 0 radical (unpaired) electrons. The molecule has 3 aliphatic heterocycles. The highest BCUT2D eigenvalue weighted by Crippen LogP contribution is 2.30. The van der Waals surface area contributed by atoms with E-state index < -0.39 is 12.0 Å². The van der Waals surface area contributed by atoms with Crippen LogP contribution < -0.4 is 4.90 Å². The Morgan fingerprint density at radius 2 is 1.74 bits per heavy atom. The molecule has 166 valence electrons. The molecule has 0 bridgehead atoms. The van der Waals surface area contributed by atoms with Crippen molar-refractivity contribution in [3.05, 3.63) is 29.8 Å². The van der Waals surface area contributed by atoms with E-state index in [1.165, 1.54) is 12.0 Å². The third-order valence-electron chi connectivity index (χ3n) is 6.74. The molecule has 0 saturated carbocycles. The number of esters is 1. The summed E-state index contributed by atoms with van der Waals surface area (Å²) in [7, 11) is 1.31. The number of piperidine rings is 1. The highest BCUT2D eigenvalue weighted by atomic mass is 16.5. The number of ether oxygens (including phenoxy) is 1. The third-order valence-corrected chi connectivity index (χ3v) is 6.74. The van der Waals surface area contributed by atoms with E-state index in [0.717, 1.165) is 51.9 Å². The van der Waals surface area contributed by atoms with Gasteiger partial charge in [0, 0.05) is 19.5 Å². The number of anilines is 1. The smallest absolute Gasteiger partial charge is 0.337 e. The number of benzene rings is 1. The lowest BCUT2D eigenvalue weighted by Gasteiger charge is -2.35. The van der Waals surface area contributed by atoms with Gasteiger partial charge >= 0.3 is 5.97 Å². The number of nitrogens with zero attached hydrogens (tertiary/aromatic N) is 3. The van der Waals surface area contributed by atoms with E-state index in [1.54, 1.807) is 24.3 Å². The maximum atomic E-state index is 13.0. The highest BCUT2D eigenvalue weighted by molar-refractivity contribution is 6.22. The predicted molar refractivity (Wildman–Crippen MR) is 113 cm³/mol. The zero-order valence-corrected chi connectivity index (χ0v) is 17.9. The van der Waals surface area contributed by atoms with E-state index in [2.05, 4.69) is 9.64 Å². The standard InChI is InChI=1S/C23H29N3O5/c1-31-23(30)17-4-6-18(7-5-17)26-21(28)15-19(22(26)29)24-12-8-16(9-13-24)10-14-25-11-2-3-20(25)27/h4-7,16,19H,2-3,8-15H2,1H3/t19-/m1/s1. The lowest BCUT2D eigenvalue weighted by Crippen LogP contribution is -2.46. The Morgan fingerprint density at radius 1 is 1.03 bits per heavy atom. The summed E-state index contributed by atoms with van der Waals surface area (Å²) < 4.78 is 4.69. The number of amides is 3. The van der Waals surface area contributed by atoms with Gasteiger partial charge in [0.05, 0.1) is 30.8 Å². The summed E-state index contributed by atoms with van der Waals surface area (Å²) in [6.45, 7) is 3.29. The Balaban J connectivity index is 1.32. The molecule has 1 aromatic rings. The van der Waals surface area contributed by atoms with Crippen molar-refractivity contribution in [3.63, 3.8) is 0 Å². The van der Waals surface area contributed by atoms with Crippen LogP contribution >= 0.6 is 0 Å². The first-order chi connectivity index (χ1) is 15.0. The van der Waals surface area contributed by atoms with Gasteiger partial charge in [0.1, 0.15) is 0 Å². The average molecular weight is 428 g/mol. The molecule has 0 aromatic heterocycles. The fraction of sp³-hybridized carbons (Fsp3) is 0.565. The first kappa shape index (κ1) is 21.5. The van der Waals surface area contributed by atoms with Crippen molar-refractivity contribution in [1.29, 1.82) is 0 Å². The van der Waals surface area contributed by atoms with Crippen LogP contribution in [0.15, 0.2) is 24.3 Å².